The Hall–Kier alpha value is -3.26. The molecule has 3 rings (SSSR count). The molecule has 0 fully saturated rings. The van der Waals surface area contributed by atoms with E-state index in [0.29, 0.717) is 30.1 Å². The lowest BCUT2D eigenvalue weighted by Gasteiger charge is -2.06. The van der Waals surface area contributed by atoms with Crippen LogP contribution in [-0.4, -0.2) is 30.5 Å². The predicted octanol–water partition coefficient (Wildman–Crippen LogP) is 3.83. The summed E-state index contributed by atoms with van der Waals surface area (Å²) in [6.45, 7) is 0.544. The van der Waals surface area contributed by atoms with Gasteiger partial charge in [0, 0.05) is 23.9 Å². The van der Waals surface area contributed by atoms with Crippen molar-refractivity contribution in [3.05, 3.63) is 76.5 Å². The number of rotatable bonds is 9. The van der Waals surface area contributed by atoms with Crippen molar-refractivity contribution in [1.82, 2.24) is 10.3 Å². The maximum Gasteiger partial charge on any atom is 0.257 e. The minimum absolute atomic E-state index is 0.0530. The van der Waals surface area contributed by atoms with Crippen molar-refractivity contribution in [3.8, 4) is 5.75 Å². The average Bonchev–Trinajstić information content (AvgIpc) is 3.20. The van der Waals surface area contributed by atoms with E-state index < -0.39 is 5.82 Å². The van der Waals surface area contributed by atoms with Crippen molar-refractivity contribution in [2.75, 3.05) is 19.0 Å². The Kier molecular flexibility index (Phi) is 7.51. The number of methoxy groups -OCH3 is 1. The fraction of sp³-hybridized carbons (Fsp3) is 0.227. The van der Waals surface area contributed by atoms with Crippen LogP contribution in [0.2, 0.25) is 0 Å². The third-order valence-electron chi connectivity index (χ3n) is 4.36. The summed E-state index contributed by atoms with van der Waals surface area (Å²) in [5.74, 6) is -0.0106. The van der Waals surface area contributed by atoms with Crippen LogP contribution in [0.1, 0.15) is 28.0 Å². The van der Waals surface area contributed by atoms with E-state index in [2.05, 4.69) is 15.6 Å². The van der Waals surface area contributed by atoms with Gasteiger partial charge in [0.2, 0.25) is 5.91 Å². The second kappa shape index (κ2) is 10.5. The molecule has 30 heavy (non-hydrogen) atoms. The number of carbonyl (C=O) groups excluding carboxylic acids is 2. The Bertz CT molecular complexity index is 1000. The maximum atomic E-state index is 12.9. The third-order valence-corrected chi connectivity index (χ3v) is 5.16. The summed E-state index contributed by atoms with van der Waals surface area (Å²) in [6.07, 6.45) is 1.51. The van der Waals surface area contributed by atoms with E-state index in [9.17, 15) is 14.0 Å². The van der Waals surface area contributed by atoms with Gasteiger partial charge in [0.1, 0.15) is 11.6 Å². The Morgan fingerprint density at radius 3 is 2.70 bits per heavy atom. The van der Waals surface area contributed by atoms with Crippen molar-refractivity contribution in [2.24, 2.45) is 0 Å². The van der Waals surface area contributed by atoms with Crippen molar-refractivity contribution in [3.63, 3.8) is 0 Å². The predicted molar refractivity (Wildman–Crippen MR) is 114 cm³/mol. The fourth-order valence-corrected chi connectivity index (χ4v) is 3.49. The van der Waals surface area contributed by atoms with Gasteiger partial charge >= 0.3 is 0 Å². The number of hydrogen-bond donors (Lipinski definition) is 2. The molecule has 2 N–H and O–H groups in total. The number of carbonyl (C=O) groups is 2. The molecule has 0 saturated heterocycles. The molecule has 2 amide bonds. The number of halogens is 1. The first-order chi connectivity index (χ1) is 14.5. The second-order valence-electron chi connectivity index (χ2n) is 6.56. The van der Waals surface area contributed by atoms with E-state index >= 15 is 0 Å². The maximum absolute atomic E-state index is 12.9. The van der Waals surface area contributed by atoms with Crippen LogP contribution in [0.15, 0.2) is 53.9 Å². The lowest BCUT2D eigenvalue weighted by Crippen LogP contribution is -2.25. The quantitative estimate of drug-likeness (QED) is 0.544. The Morgan fingerprint density at radius 2 is 1.93 bits per heavy atom. The van der Waals surface area contributed by atoms with Crippen molar-refractivity contribution >= 4 is 28.3 Å². The number of amides is 2. The molecular formula is C22H22FN3O3S. The van der Waals surface area contributed by atoms with Gasteiger partial charge in [-0.3, -0.25) is 14.9 Å². The summed E-state index contributed by atoms with van der Waals surface area (Å²) >= 11 is 1.29. The largest absolute Gasteiger partial charge is 0.497 e. The van der Waals surface area contributed by atoms with E-state index in [1.807, 2.05) is 29.6 Å². The molecule has 0 atom stereocenters. The molecule has 0 radical (unpaired) electrons. The van der Waals surface area contributed by atoms with Gasteiger partial charge in [-0.25, -0.2) is 9.37 Å². The summed E-state index contributed by atoms with van der Waals surface area (Å²) in [7, 11) is 1.62. The van der Waals surface area contributed by atoms with Crippen LogP contribution in [0.4, 0.5) is 9.52 Å². The van der Waals surface area contributed by atoms with Crippen LogP contribution >= 0.6 is 11.3 Å². The molecule has 0 aliphatic carbocycles. The lowest BCUT2D eigenvalue weighted by atomic mass is 10.1. The molecule has 0 bridgehead atoms. The molecule has 0 aliphatic rings. The molecular weight excluding hydrogens is 405 g/mol. The zero-order valence-corrected chi connectivity index (χ0v) is 17.3. The molecule has 1 aromatic heterocycles. The molecule has 156 valence electrons. The summed E-state index contributed by atoms with van der Waals surface area (Å²) in [5.41, 5.74) is 2.18. The molecule has 2 aromatic carbocycles. The first kappa shape index (κ1) is 21.4. The number of anilines is 1. The first-order valence-corrected chi connectivity index (χ1v) is 10.3. The van der Waals surface area contributed by atoms with Gasteiger partial charge in [-0.05, 0) is 54.8 Å². The van der Waals surface area contributed by atoms with Crippen LogP contribution in [0.3, 0.4) is 0 Å². The van der Waals surface area contributed by atoms with Crippen LogP contribution in [-0.2, 0) is 17.6 Å². The highest BCUT2D eigenvalue weighted by Crippen LogP contribution is 2.18. The average molecular weight is 428 g/mol. The summed E-state index contributed by atoms with van der Waals surface area (Å²) in [6, 6.07) is 13.0. The Balaban J connectivity index is 1.40. The number of thiazole rings is 1. The number of nitrogens with one attached hydrogen (secondary N) is 2. The topological polar surface area (TPSA) is 80.3 Å². The molecule has 8 heteroatoms. The molecule has 0 aliphatic heterocycles. The number of benzene rings is 2. The molecule has 3 aromatic rings. The minimum Gasteiger partial charge on any atom is -0.497 e. The van der Waals surface area contributed by atoms with Crippen LogP contribution in [0, 0.1) is 5.82 Å². The summed E-state index contributed by atoms with van der Waals surface area (Å²) in [4.78, 5) is 28.5. The van der Waals surface area contributed by atoms with Gasteiger partial charge in [0.25, 0.3) is 5.91 Å². The summed E-state index contributed by atoms with van der Waals surface area (Å²) in [5, 5.41) is 7.83. The minimum atomic E-state index is -0.398. The lowest BCUT2D eigenvalue weighted by molar-refractivity contribution is -0.121. The van der Waals surface area contributed by atoms with Crippen LogP contribution in [0.5, 0.6) is 5.75 Å². The fourth-order valence-electron chi connectivity index (χ4n) is 2.75. The Labute approximate surface area is 178 Å². The van der Waals surface area contributed by atoms with Gasteiger partial charge in [-0.1, -0.05) is 12.1 Å². The number of ether oxygens (including phenoxy) is 1. The van der Waals surface area contributed by atoms with Crippen molar-refractivity contribution in [2.45, 2.75) is 19.3 Å². The van der Waals surface area contributed by atoms with Gasteiger partial charge < -0.3 is 10.1 Å². The second-order valence-corrected chi connectivity index (χ2v) is 7.41. The smallest absolute Gasteiger partial charge is 0.257 e. The van der Waals surface area contributed by atoms with Gasteiger partial charge in [-0.2, -0.15) is 0 Å². The van der Waals surface area contributed by atoms with E-state index in [1.165, 1.54) is 35.6 Å². The standard InChI is InChI=1S/C22H22FN3O3S/c1-29-19-4-2-3-15(13-19)11-12-24-20(27)10-9-18-14-30-22(25-18)26-21(28)16-5-7-17(23)8-6-16/h2-8,13-14H,9-12H2,1H3,(H,24,27)(H,25,26,28). The highest BCUT2D eigenvalue weighted by molar-refractivity contribution is 7.14. The van der Waals surface area contributed by atoms with Crippen LogP contribution in [0.25, 0.3) is 0 Å². The molecule has 0 spiro atoms. The molecule has 0 saturated carbocycles. The third kappa shape index (κ3) is 6.38. The van der Waals surface area contributed by atoms with E-state index in [1.54, 1.807) is 7.11 Å². The number of hydrogen-bond acceptors (Lipinski definition) is 5. The number of aryl methyl sites for hydroxylation is 1. The van der Waals surface area contributed by atoms with E-state index in [4.69, 9.17) is 4.74 Å². The summed E-state index contributed by atoms with van der Waals surface area (Å²) < 4.78 is 18.1. The Morgan fingerprint density at radius 1 is 1.13 bits per heavy atom. The SMILES string of the molecule is COc1cccc(CCNC(=O)CCc2csc(NC(=O)c3ccc(F)cc3)n2)c1. The van der Waals surface area contributed by atoms with E-state index in [0.717, 1.165) is 23.4 Å². The van der Waals surface area contributed by atoms with Gasteiger partial charge in [-0.15, -0.1) is 11.3 Å². The number of aromatic nitrogens is 1. The molecule has 0 unspecified atom stereocenters. The number of nitrogens with zero attached hydrogens (tertiary/aromatic N) is 1. The normalized spacial score (nSPS) is 10.5. The zero-order chi connectivity index (χ0) is 21.3. The monoisotopic (exact) mass is 427 g/mol. The molecule has 1 heterocycles. The zero-order valence-electron chi connectivity index (χ0n) is 16.5. The van der Waals surface area contributed by atoms with E-state index in [-0.39, 0.29) is 11.8 Å². The first-order valence-electron chi connectivity index (χ1n) is 9.44. The molecule has 6 nitrogen and oxygen atoms in total. The van der Waals surface area contributed by atoms with Gasteiger partial charge in [0.05, 0.1) is 12.8 Å². The highest BCUT2D eigenvalue weighted by atomic mass is 32.1. The van der Waals surface area contributed by atoms with Crippen molar-refractivity contribution < 1.29 is 18.7 Å². The highest BCUT2D eigenvalue weighted by Gasteiger charge is 2.10. The van der Waals surface area contributed by atoms with Crippen molar-refractivity contribution in [1.29, 1.82) is 0 Å². The van der Waals surface area contributed by atoms with Crippen LogP contribution < -0.4 is 15.4 Å². The van der Waals surface area contributed by atoms with Gasteiger partial charge in [0.15, 0.2) is 5.13 Å².